The number of allylic oxidation sites excluding steroid dienone is 4. The Labute approximate surface area is 139 Å². The molecule has 1 heteroatoms. The van der Waals surface area contributed by atoms with E-state index in [4.69, 9.17) is 4.99 Å². The van der Waals surface area contributed by atoms with Gasteiger partial charge in [0, 0.05) is 12.0 Å². The van der Waals surface area contributed by atoms with Crippen LogP contribution in [0.25, 0.3) is 5.57 Å². The molecule has 0 unspecified atom stereocenters. The number of unbranched alkanes of at least 4 members (excludes halogenated alkanes) is 1. The van der Waals surface area contributed by atoms with Crippen molar-refractivity contribution in [3.8, 4) is 0 Å². The SMILES string of the molecule is CCCCc1ccc(N=C2CC=CC=C2c2ccccc2)cc1. The standard InChI is InChI=1S/C22H23N/c1-2-3-9-18-14-16-20(17-15-18)23-22-13-8-7-12-21(22)19-10-5-4-6-11-19/h4-8,10-12,14-17H,2-3,9,13H2,1H3. The second-order valence-electron chi connectivity index (χ2n) is 5.91. The van der Waals surface area contributed by atoms with Crippen LogP contribution in [0.15, 0.2) is 77.8 Å². The van der Waals surface area contributed by atoms with E-state index >= 15 is 0 Å². The van der Waals surface area contributed by atoms with Gasteiger partial charge in [-0.2, -0.15) is 0 Å². The zero-order valence-electron chi connectivity index (χ0n) is 13.7. The summed E-state index contributed by atoms with van der Waals surface area (Å²) < 4.78 is 0. The molecule has 0 spiro atoms. The molecule has 0 radical (unpaired) electrons. The molecule has 2 aromatic rings. The van der Waals surface area contributed by atoms with Gasteiger partial charge in [-0.3, -0.25) is 4.99 Å². The van der Waals surface area contributed by atoms with E-state index < -0.39 is 0 Å². The third-order valence-electron chi connectivity index (χ3n) is 4.13. The van der Waals surface area contributed by atoms with Crippen LogP contribution in [0, 0.1) is 0 Å². The second-order valence-corrected chi connectivity index (χ2v) is 5.91. The number of hydrogen-bond acceptors (Lipinski definition) is 1. The molecular formula is C22H23N. The van der Waals surface area contributed by atoms with Gasteiger partial charge in [-0.1, -0.05) is 74.0 Å². The fourth-order valence-corrected chi connectivity index (χ4v) is 2.81. The minimum Gasteiger partial charge on any atom is -0.252 e. The molecule has 0 heterocycles. The molecule has 0 fully saturated rings. The van der Waals surface area contributed by atoms with Crippen LogP contribution in [0.4, 0.5) is 5.69 Å². The normalized spacial score (nSPS) is 15.7. The summed E-state index contributed by atoms with van der Waals surface area (Å²) in [4.78, 5) is 4.89. The van der Waals surface area contributed by atoms with Gasteiger partial charge in [0.15, 0.2) is 0 Å². The highest BCUT2D eigenvalue weighted by Gasteiger charge is 2.10. The first-order valence-corrected chi connectivity index (χ1v) is 8.46. The van der Waals surface area contributed by atoms with E-state index in [1.807, 2.05) is 0 Å². The van der Waals surface area contributed by atoms with Crippen LogP contribution in [0.3, 0.4) is 0 Å². The molecule has 23 heavy (non-hydrogen) atoms. The monoisotopic (exact) mass is 301 g/mol. The highest BCUT2D eigenvalue weighted by molar-refractivity contribution is 6.26. The quantitative estimate of drug-likeness (QED) is 0.628. The highest BCUT2D eigenvalue weighted by atomic mass is 14.7. The van der Waals surface area contributed by atoms with Gasteiger partial charge in [0.05, 0.1) is 11.4 Å². The third kappa shape index (κ3) is 4.07. The molecule has 0 N–H and O–H groups in total. The van der Waals surface area contributed by atoms with Crippen molar-refractivity contribution in [1.29, 1.82) is 0 Å². The van der Waals surface area contributed by atoms with Crippen molar-refractivity contribution in [3.05, 3.63) is 84.0 Å². The molecule has 0 saturated carbocycles. The molecule has 3 rings (SSSR count). The van der Waals surface area contributed by atoms with Crippen molar-refractivity contribution in [2.24, 2.45) is 4.99 Å². The van der Waals surface area contributed by atoms with Crippen LogP contribution in [0.5, 0.6) is 0 Å². The second kappa shape index (κ2) is 7.73. The number of aryl methyl sites for hydroxylation is 1. The van der Waals surface area contributed by atoms with E-state index in [1.165, 1.54) is 29.5 Å². The van der Waals surface area contributed by atoms with E-state index in [9.17, 15) is 0 Å². The van der Waals surface area contributed by atoms with E-state index in [0.29, 0.717) is 0 Å². The molecule has 1 nitrogen and oxygen atoms in total. The van der Waals surface area contributed by atoms with Crippen LogP contribution in [-0.4, -0.2) is 5.71 Å². The predicted molar refractivity (Wildman–Crippen MR) is 100 cm³/mol. The van der Waals surface area contributed by atoms with Crippen LogP contribution in [0.2, 0.25) is 0 Å². The summed E-state index contributed by atoms with van der Waals surface area (Å²) in [6.45, 7) is 2.23. The summed E-state index contributed by atoms with van der Waals surface area (Å²) in [7, 11) is 0. The molecular weight excluding hydrogens is 278 g/mol. The molecule has 0 atom stereocenters. The first kappa shape index (κ1) is 15.5. The lowest BCUT2D eigenvalue weighted by molar-refractivity contribution is 0.795. The van der Waals surface area contributed by atoms with Gasteiger partial charge >= 0.3 is 0 Å². The maximum atomic E-state index is 4.89. The van der Waals surface area contributed by atoms with Crippen LogP contribution < -0.4 is 0 Å². The highest BCUT2D eigenvalue weighted by Crippen LogP contribution is 2.25. The number of rotatable bonds is 5. The Hall–Kier alpha value is -2.41. The van der Waals surface area contributed by atoms with Crippen molar-refractivity contribution in [1.82, 2.24) is 0 Å². The lowest BCUT2D eigenvalue weighted by atomic mass is 9.95. The van der Waals surface area contributed by atoms with Gasteiger partial charge in [-0.05, 0) is 36.1 Å². The summed E-state index contributed by atoms with van der Waals surface area (Å²) in [5, 5.41) is 0. The summed E-state index contributed by atoms with van der Waals surface area (Å²) in [5.74, 6) is 0. The summed E-state index contributed by atoms with van der Waals surface area (Å²) >= 11 is 0. The first-order chi connectivity index (χ1) is 11.4. The van der Waals surface area contributed by atoms with Crippen molar-refractivity contribution < 1.29 is 0 Å². The zero-order chi connectivity index (χ0) is 15.9. The lowest BCUT2D eigenvalue weighted by Gasteiger charge is -2.13. The van der Waals surface area contributed by atoms with Crippen molar-refractivity contribution in [3.63, 3.8) is 0 Å². The van der Waals surface area contributed by atoms with Gasteiger partial charge < -0.3 is 0 Å². The van der Waals surface area contributed by atoms with Crippen molar-refractivity contribution in [2.75, 3.05) is 0 Å². The Morgan fingerprint density at radius 2 is 1.74 bits per heavy atom. The molecule has 116 valence electrons. The molecule has 1 aliphatic carbocycles. The average molecular weight is 301 g/mol. The molecule has 0 saturated heterocycles. The molecule has 0 bridgehead atoms. The minimum absolute atomic E-state index is 0.887. The summed E-state index contributed by atoms with van der Waals surface area (Å²) in [6.07, 6.45) is 11.0. The number of hydrogen-bond donors (Lipinski definition) is 0. The number of aliphatic imine (C=N–C) groups is 1. The van der Waals surface area contributed by atoms with E-state index in [2.05, 4.69) is 79.7 Å². The van der Waals surface area contributed by atoms with Crippen LogP contribution in [-0.2, 0) is 6.42 Å². The Balaban J connectivity index is 1.83. The molecule has 0 aliphatic heterocycles. The molecule has 1 aliphatic rings. The van der Waals surface area contributed by atoms with Crippen molar-refractivity contribution in [2.45, 2.75) is 32.6 Å². The summed E-state index contributed by atoms with van der Waals surface area (Å²) in [5.41, 5.74) is 6.04. The van der Waals surface area contributed by atoms with Gasteiger partial charge in [0.25, 0.3) is 0 Å². The van der Waals surface area contributed by atoms with Crippen LogP contribution >= 0.6 is 0 Å². The molecule has 0 amide bonds. The Kier molecular flexibility index (Phi) is 5.21. The first-order valence-electron chi connectivity index (χ1n) is 8.46. The van der Waals surface area contributed by atoms with E-state index in [-0.39, 0.29) is 0 Å². The fraction of sp³-hybridized carbons (Fsp3) is 0.227. The zero-order valence-corrected chi connectivity index (χ0v) is 13.7. The van der Waals surface area contributed by atoms with Crippen molar-refractivity contribution >= 4 is 17.0 Å². The van der Waals surface area contributed by atoms with E-state index in [1.54, 1.807) is 0 Å². The third-order valence-corrected chi connectivity index (χ3v) is 4.13. The van der Waals surface area contributed by atoms with Gasteiger partial charge in [-0.15, -0.1) is 0 Å². The van der Waals surface area contributed by atoms with Gasteiger partial charge in [-0.25, -0.2) is 0 Å². The number of benzene rings is 2. The Morgan fingerprint density at radius 1 is 0.957 bits per heavy atom. The maximum Gasteiger partial charge on any atom is 0.0633 e. The summed E-state index contributed by atoms with van der Waals surface area (Å²) in [6, 6.07) is 19.2. The fourth-order valence-electron chi connectivity index (χ4n) is 2.81. The number of nitrogens with zero attached hydrogens (tertiary/aromatic N) is 1. The van der Waals surface area contributed by atoms with Crippen LogP contribution in [0.1, 0.15) is 37.3 Å². The molecule has 0 aromatic heterocycles. The Bertz CT molecular complexity index is 718. The topological polar surface area (TPSA) is 12.4 Å². The largest absolute Gasteiger partial charge is 0.252 e. The van der Waals surface area contributed by atoms with E-state index in [0.717, 1.165) is 24.2 Å². The average Bonchev–Trinajstić information content (AvgIpc) is 2.62. The minimum atomic E-state index is 0.887. The molecule has 2 aromatic carbocycles. The Morgan fingerprint density at radius 3 is 2.48 bits per heavy atom. The smallest absolute Gasteiger partial charge is 0.0633 e. The maximum absolute atomic E-state index is 4.89. The van der Waals surface area contributed by atoms with Gasteiger partial charge in [0.2, 0.25) is 0 Å². The lowest BCUT2D eigenvalue weighted by Crippen LogP contribution is -2.03. The van der Waals surface area contributed by atoms with Gasteiger partial charge in [0.1, 0.15) is 0 Å². The predicted octanol–water partition coefficient (Wildman–Crippen LogP) is 6.15.